The Kier molecular flexibility index (Phi) is 7.12. The van der Waals surface area contributed by atoms with E-state index in [0.29, 0.717) is 45.7 Å². The third-order valence-corrected chi connectivity index (χ3v) is 5.08. The first-order valence-corrected chi connectivity index (χ1v) is 10.8. The van der Waals surface area contributed by atoms with Crippen LogP contribution in [-0.4, -0.2) is 37.6 Å². The number of nitrogens with zero attached hydrogens (tertiary/aromatic N) is 6. The molecule has 0 saturated heterocycles. The van der Waals surface area contributed by atoms with Gasteiger partial charge in [-0.05, 0) is 24.3 Å². The zero-order valence-corrected chi connectivity index (χ0v) is 19.5. The minimum Gasteiger partial charge on any atom is -0.494 e. The first-order chi connectivity index (χ1) is 17.6. The van der Waals surface area contributed by atoms with Crippen molar-refractivity contribution in [2.45, 2.75) is 6.42 Å². The summed E-state index contributed by atoms with van der Waals surface area (Å²) in [4.78, 5) is 25.7. The van der Waals surface area contributed by atoms with Crippen LogP contribution in [0.4, 0.5) is 23.0 Å². The number of benzene rings is 1. The van der Waals surface area contributed by atoms with Crippen molar-refractivity contribution in [3.63, 3.8) is 0 Å². The van der Waals surface area contributed by atoms with Crippen LogP contribution in [0.3, 0.4) is 0 Å². The van der Waals surface area contributed by atoms with Gasteiger partial charge < -0.3 is 15.4 Å². The minimum atomic E-state index is -0.155. The van der Waals surface area contributed by atoms with Crippen molar-refractivity contribution in [2.75, 3.05) is 17.7 Å². The first kappa shape index (κ1) is 23.8. The Balaban J connectivity index is 1.74. The number of para-hydroxylation sites is 1. The monoisotopic (exact) mass is 478 g/mol. The van der Waals surface area contributed by atoms with Crippen LogP contribution < -0.4 is 15.4 Å². The molecule has 0 atom stereocenters. The highest BCUT2D eigenvalue weighted by atomic mass is 16.5. The molecule has 4 aromatic rings. The van der Waals surface area contributed by atoms with Gasteiger partial charge in [-0.2, -0.15) is 5.26 Å². The molecular weight excluding hydrogens is 456 g/mol. The molecule has 0 radical (unpaired) electrons. The average Bonchev–Trinajstić information content (AvgIpc) is 3.38. The number of ketones is 1. The molecule has 0 aliphatic carbocycles. The third kappa shape index (κ3) is 5.10. The number of carbonyl (C=O) groups is 1. The summed E-state index contributed by atoms with van der Waals surface area (Å²) in [5.41, 5.74) is 2.40. The van der Waals surface area contributed by atoms with Gasteiger partial charge in [0.1, 0.15) is 29.7 Å². The zero-order chi connectivity index (χ0) is 25.5. The zero-order valence-electron chi connectivity index (χ0n) is 19.5. The van der Waals surface area contributed by atoms with Crippen LogP contribution >= 0.6 is 0 Å². The number of methoxy groups -OCH3 is 1. The number of ether oxygens (including phenoxy) is 1. The van der Waals surface area contributed by atoms with Crippen molar-refractivity contribution in [2.24, 2.45) is 0 Å². The number of nitriles is 1. The maximum absolute atomic E-state index is 12.8. The van der Waals surface area contributed by atoms with E-state index in [2.05, 4.69) is 43.8 Å². The molecule has 1 aromatic carbocycles. The van der Waals surface area contributed by atoms with Crippen LogP contribution in [0, 0.1) is 11.3 Å². The number of rotatable bonds is 10. The van der Waals surface area contributed by atoms with Crippen molar-refractivity contribution >= 4 is 35.0 Å². The maximum Gasteiger partial charge on any atom is 0.185 e. The molecule has 4 rings (SSSR count). The topological polar surface area (TPSA) is 131 Å². The lowest BCUT2D eigenvalue weighted by Gasteiger charge is -2.17. The number of Topliss-reactive ketones (excluding diaryl/α,β-unsaturated/α-hetero) is 1. The number of anilines is 4. The molecular formula is C26H22N8O2. The number of pyridine rings is 2. The fraction of sp³-hybridized carbons (Fsp3) is 0.0769. The van der Waals surface area contributed by atoms with Crippen molar-refractivity contribution in [3.8, 4) is 23.2 Å². The van der Waals surface area contributed by atoms with Gasteiger partial charge in [0.2, 0.25) is 0 Å². The van der Waals surface area contributed by atoms with E-state index in [1.807, 2.05) is 24.3 Å². The van der Waals surface area contributed by atoms with Gasteiger partial charge in [0.05, 0.1) is 29.6 Å². The van der Waals surface area contributed by atoms with Gasteiger partial charge in [-0.1, -0.05) is 24.8 Å². The summed E-state index contributed by atoms with van der Waals surface area (Å²) in [6.07, 6.45) is 6.25. The third-order valence-electron chi connectivity index (χ3n) is 5.08. The van der Waals surface area contributed by atoms with Crippen LogP contribution in [0.5, 0.6) is 5.75 Å². The molecule has 3 heterocycles. The molecule has 0 saturated carbocycles. The number of hydrogen-bond acceptors (Lipinski definition) is 9. The molecule has 2 N–H and O–H groups in total. The second-order valence-electron chi connectivity index (χ2n) is 7.42. The Hall–Kier alpha value is -5.30. The van der Waals surface area contributed by atoms with Gasteiger partial charge in [-0.15, -0.1) is 11.7 Å². The quantitative estimate of drug-likeness (QED) is 0.240. The Morgan fingerprint density at radius 3 is 2.69 bits per heavy atom. The van der Waals surface area contributed by atoms with Crippen LogP contribution in [-0.2, 0) is 0 Å². The normalized spacial score (nSPS) is 10.2. The fourth-order valence-corrected chi connectivity index (χ4v) is 3.45. The lowest BCUT2D eigenvalue weighted by atomic mass is 10.1. The minimum absolute atomic E-state index is 0.148. The predicted molar refractivity (Wildman–Crippen MR) is 137 cm³/mol. The number of aromatic nitrogens is 5. The van der Waals surface area contributed by atoms with Gasteiger partial charge in [0, 0.05) is 24.9 Å². The molecule has 0 spiro atoms. The molecule has 10 heteroatoms. The van der Waals surface area contributed by atoms with E-state index >= 15 is 0 Å². The largest absolute Gasteiger partial charge is 0.494 e. The van der Waals surface area contributed by atoms with E-state index in [4.69, 9.17) is 10.00 Å². The van der Waals surface area contributed by atoms with E-state index in [-0.39, 0.29) is 17.9 Å². The second kappa shape index (κ2) is 10.8. The number of allylic oxidation sites excluding steroid dienone is 1. The predicted octanol–water partition coefficient (Wildman–Crippen LogP) is 4.96. The van der Waals surface area contributed by atoms with Crippen molar-refractivity contribution in [1.82, 2.24) is 24.7 Å². The Morgan fingerprint density at radius 2 is 1.97 bits per heavy atom. The summed E-state index contributed by atoms with van der Waals surface area (Å²) in [6.45, 7) is 7.35. The highest BCUT2D eigenvalue weighted by molar-refractivity contribution is 6.03. The summed E-state index contributed by atoms with van der Waals surface area (Å²) in [5.74, 6) is 1.67. The second-order valence-corrected chi connectivity index (χ2v) is 7.42. The molecule has 3 aromatic heterocycles. The van der Waals surface area contributed by atoms with Crippen molar-refractivity contribution in [3.05, 3.63) is 85.5 Å². The molecule has 0 aliphatic rings. The SMILES string of the molecule is C=CCC(=O)c1cnc(Nc2cccc(C#N)n2)cc1Nc1cccc(-c2ncn(C=C)n2)c1OC. The number of hydrogen-bond donors (Lipinski definition) is 2. The molecule has 0 unspecified atom stereocenters. The van der Waals surface area contributed by atoms with E-state index in [1.165, 1.54) is 17.1 Å². The molecule has 178 valence electrons. The van der Waals surface area contributed by atoms with Crippen LogP contribution in [0.15, 0.2) is 74.2 Å². The summed E-state index contributed by atoms with van der Waals surface area (Å²) >= 11 is 0. The Labute approximate surface area is 207 Å². The fourth-order valence-electron chi connectivity index (χ4n) is 3.45. The van der Waals surface area contributed by atoms with Crippen LogP contribution in [0.25, 0.3) is 17.6 Å². The van der Waals surface area contributed by atoms with Crippen molar-refractivity contribution < 1.29 is 9.53 Å². The maximum atomic E-state index is 12.8. The Bertz CT molecular complexity index is 1490. The first-order valence-electron chi connectivity index (χ1n) is 10.8. The molecule has 10 nitrogen and oxygen atoms in total. The molecule has 0 fully saturated rings. The number of nitrogens with one attached hydrogen (secondary N) is 2. The van der Waals surface area contributed by atoms with Gasteiger partial charge in [-0.25, -0.2) is 19.6 Å². The van der Waals surface area contributed by atoms with Gasteiger partial charge in [-0.3, -0.25) is 4.79 Å². The average molecular weight is 479 g/mol. The highest BCUT2D eigenvalue weighted by Gasteiger charge is 2.18. The van der Waals surface area contributed by atoms with Crippen LogP contribution in [0.1, 0.15) is 22.5 Å². The molecule has 0 bridgehead atoms. The van der Waals surface area contributed by atoms with E-state index in [9.17, 15) is 4.79 Å². The van der Waals surface area contributed by atoms with E-state index in [0.717, 1.165) is 0 Å². The molecule has 0 amide bonds. The summed E-state index contributed by atoms with van der Waals surface area (Å²) in [7, 11) is 1.55. The highest BCUT2D eigenvalue weighted by Crippen LogP contribution is 2.37. The summed E-state index contributed by atoms with van der Waals surface area (Å²) in [6, 6.07) is 14.2. The number of carbonyl (C=O) groups excluding carboxylic acids is 1. The molecule has 36 heavy (non-hydrogen) atoms. The Morgan fingerprint density at radius 1 is 1.14 bits per heavy atom. The van der Waals surface area contributed by atoms with E-state index < -0.39 is 0 Å². The van der Waals surface area contributed by atoms with Crippen LogP contribution in [0.2, 0.25) is 0 Å². The standard InChI is InChI=1S/C26H22N8O2/c1-4-8-22(35)19-15-28-24(32-23-12-6-9-17(14-27)30-23)13-21(19)31-20-11-7-10-18(25(20)36-3)26-29-16-34(5-2)33-26/h4-7,9-13,15-16H,1-2,8H2,3H3,(H2,28,30,31,32). The lowest BCUT2D eigenvalue weighted by molar-refractivity contribution is 0.0996. The van der Waals surface area contributed by atoms with Gasteiger partial charge in [0.25, 0.3) is 0 Å². The smallest absolute Gasteiger partial charge is 0.185 e. The molecule has 0 aliphatic heterocycles. The van der Waals surface area contributed by atoms with E-state index in [1.54, 1.807) is 43.8 Å². The summed E-state index contributed by atoms with van der Waals surface area (Å²) in [5, 5.41) is 19.8. The lowest BCUT2D eigenvalue weighted by Crippen LogP contribution is -2.07. The van der Waals surface area contributed by atoms with Gasteiger partial charge >= 0.3 is 0 Å². The van der Waals surface area contributed by atoms with Gasteiger partial charge in [0.15, 0.2) is 17.4 Å². The summed E-state index contributed by atoms with van der Waals surface area (Å²) < 4.78 is 7.19. The van der Waals surface area contributed by atoms with Crippen molar-refractivity contribution in [1.29, 1.82) is 5.26 Å².